The molecule has 7 nitrogen and oxygen atoms in total. The quantitative estimate of drug-likeness (QED) is 0.543. The van der Waals surface area contributed by atoms with Gasteiger partial charge in [0.15, 0.2) is 6.17 Å². The number of hydrogen-bond acceptors (Lipinski definition) is 5. The molecule has 0 bridgehead atoms. The van der Waals surface area contributed by atoms with Crippen LogP contribution in [0.5, 0.6) is 0 Å². The summed E-state index contributed by atoms with van der Waals surface area (Å²) in [6.07, 6.45) is -0.983. The van der Waals surface area contributed by atoms with E-state index in [-0.39, 0.29) is 37.5 Å². The third kappa shape index (κ3) is 5.32. The number of carbonyl (C=O) groups excluding carboxylic acids is 3. The summed E-state index contributed by atoms with van der Waals surface area (Å²) in [6.45, 7) is 0.988. The molecule has 2 heterocycles. The van der Waals surface area contributed by atoms with E-state index in [2.05, 4.69) is 5.32 Å². The van der Waals surface area contributed by atoms with Gasteiger partial charge < -0.3 is 20.9 Å². The van der Waals surface area contributed by atoms with Crippen LogP contribution in [0.3, 0.4) is 0 Å². The third-order valence-corrected chi connectivity index (χ3v) is 6.54. The molecule has 3 N–H and O–H groups in total. The summed E-state index contributed by atoms with van der Waals surface area (Å²) in [5.41, 5.74) is 7.61. The molecule has 0 radical (unpaired) electrons. The van der Waals surface area contributed by atoms with Crippen molar-refractivity contribution < 1.29 is 18.8 Å². The molecule has 0 saturated carbocycles. The van der Waals surface area contributed by atoms with Crippen molar-refractivity contribution in [3.05, 3.63) is 93.4 Å². The minimum Gasteiger partial charge on any atom is -0.349 e. The molecule has 1 saturated heterocycles. The minimum absolute atomic E-state index is 0.126. The smallest absolute Gasteiger partial charge is 0.264 e. The van der Waals surface area contributed by atoms with Gasteiger partial charge in [0.25, 0.3) is 11.8 Å². The molecule has 3 amide bonds. The highest BCUT2D eigenvalue weighted by Crippen LogP contribution is 2.21. The number of nitrogens with zero attached hydrogens (tertiary/aromatic N) is 2. The maximum absolute atomic E-state index is 13.7. The highest BCUT2D eigenvalue weighted by Gasteiger charge is 2.42. The molecular weight excluding hydrogens is 455 g/mol. The van der Waals surface area contributed by atoms with Crippen molar-refractivity contribution in [2.45, 2.75) is 25.7 Å². The molecule has 1 aliphatic rings. The van der Waals surface area contributed by atoms with Crippen molar-refractivity contribution >= 4 is 29.1 Å². The number of carbonyl (C=O) groups is 3. The number of halogens is 1. The lowest BCUT2D eigenvalue weighted by Gasteiger charge is -2.29. The first-order valence-electron chi connectivity index (χ1n) is 10.9. The molecule has 3 aromatic rings. The second kappa shape index (κ2) is 10.6. The topological polar surface area (TPSA) is 95.7 Å². The van der Waals surface area contributed by atoms with Crippen LogP contribution in [0.15, 0.2) is 66.0 Å². The first-order valence-corrected chi connectivity index (χ1v) is 11.8. The first kappa shape index (κ1) is 23.6. The van der Waals surface area contributed by atoms with Gasteiger partial charge in [0.2, 0.25) is 5.91 Å². The van der Waals surface area contributed by atoms with Gasteiger partial charge in [-0.1, -0.05) is 36.4 Å². The fourth-order valence-corrected chi connectivity index (χ4v) is 4.68. The Hall–Kier alpha value is -3.56. The van der Waals surface area contributed by atoms with Crippen LogP contribution in [0.1, 0.15) is 26.4 Å². The standard InChI is InChI=1S/C25H25FN4O3S/c26-20-7-2-6-19(13-20)25(33)30-10-9-29(22(31)14-21-8-3-11-34-21)24(30)23(32)28-16-18-5-1-4-17(12-18)15-27/h1-8,11-13,24H,9-10,14-16,27H2,(H,28,32). The van der Waals surface area contributed by atoms with Crippen LogP contribution in [-0.2, 0) is 29.1 Å². The van der Waals surface area contributed by atoms with Crippen LogP contribution in [-0.4, -0.2) is 46.8 Å². The summed E-state index contributed by atoms with van der Waals surface area (Å²) >= 11 is 1.46. The molecular formula is C25H25FN4O3S. The van der Waals surface area contributed by atoms with Crippen molar-refractivity contribution in [3.63, 3.8) is 0 Å². The molecule has 34 heavy (non-hydrogen) atoms. The van der Waals surface area contributed by atoms with Gasteiger partial charge in [-0.3, -0.25) is 14.4 Å². The normalized spacial score (nSPS) is 15.4. The maximum atomic E-state index is 13.7. The van der Waals surface area contributed by atoms with Gasteiger partial charge in [-0.2, -0.15) is 0 Å². The molecule has 2 aromatic carbocycles. The van der Waals surface area contributed by atoms with Gasteiger partial charge in [-0.25, -0.2) is 4.39 Å². The molecule has 176 valence electrons. The minimum atomic E-state index is -1.12. The van der Waals surface area contributed by atoms with Gasteiger partial charge in [-0.05, 0) is 40.8 Å². The zero-order valence-electron chi connectivity index (χ0n) is 18.4. The van der Waals surface area contributed by atoms with E-state index < -0.39 is 23.8 Å². The van der Waals surface area contributed by atoms with E-state index in [0.717, 1.165) is 22.1 Å². The number of benzene rings is 2. The SMILES string of the molecule is NCc1cccc(CNC(=O)C2N(C(=O)Cc3cccs3)CCN2C(=O)c2cccc(F)c2)c1. The van der Waals surface area contributed by atoms with E-state index in [1.54, 1.807) is 0 Å². The molecule has 1 aromatic heterocycles. The summed E-state index contributed by atoms with van der Waals surface area (Å²) in [4.78, 5) is 43.2. The fourth-order valence-electron chi connectivity index (χ4n) is 3.98. The Bertz CT molecular complexity index is 1180. The van der Waals surface area contributed by atoms with Crippen molar-refractivity contribution in [2.75, 3.05) is 13.1 Å². The van der Waals surface area contributed by atoms with Crippen molar-refractivity contribution in [1.29, 1.82) is 0 Å². The lowest BCUT2D eigenvalue weighted by molar-refractivity contribution is -0.140. The summed E-state index contributed by atoms with van der Waals surface area (Å²) in [5, 5.41) is 4.73. The number of nitrogens with two attached hydrogens (primary N) is 1. The Morgan fingerprint density at radius 1 is 1.00 bits per heavy atom. The van der Waals surface area contributed by atoms with E-state index in [1.165, 1.54) is 39.3 Å². The van der Waals surface area contributed by atoms with Crippen molar-refractivity contribution in [2.24, 2.45) is 5.73 Å². The van der Waals surface area contributed by atoms with Crippen molar-refractivity contribution in [3.8, 4) is 0 Å². The average molecular weight is 481 g/mol. The Labute approximate surface area is 201 Å². The first-order chi connectivity index (χ1) is 16.5. The van der Waals surface area contributed by atoms with E-state index in [9.17, 15) is 18.8 Å². The fraction of sp³-hybridized carbons (Fsp3) is 0.240. The lowest BCUT2D eigenvalue weighted by Crippen LogP contribution is -2.54. The van der Waals surface area contributed by atoms with E-state index in [4.69, 9.17) is 5.73 Å². The molecule has 1 aliphatic heterocycles. The highest BCUT2D eigenvalue weighted by atomic mass is 32.1. The molecule has 1 unspecified atom stereocenters. The predicted octanol–water partition coefficient (Wildman–Crippen LogP) is 2.52. The molecule has 4 rings (SSSR count). The van der Waals surface area contributed by atoms with Gasteiger partial charge in [0.05, 0.1) is 6.42 Å². The summed E-state index contributed by atoms with van der Waals surface area (Å²) in [6, 6.07) is 16.5. The molecule has 1 atom stereocenters. The third-order valence-electron chi connectivity index (χ3n) is 5.66. The Morgan fingerprint density at radius 2 is 1.76 bits per heavy atom. The van der Waals surface area contributed by atoms with Gasteiger partial charge in [0.1, 0.15) is 5.82 Å². The monoisotopic (exact) mass is 480 g/mol. The number of nitrogens with one attached hydrogen (secondary N) is 1. The Balaban J connectivity index is 1.55. The lowest BCUT2D eigenvalue weighted by atomic mass is 10.1. The van der Waals surface area contributed by atoms with Crippen molar-refractivity contribution in [1.82, 2.24) is 15.1 Å². The average Bonchev–Trinajstić information content (AvgIpc) is 3.52. The van der Waals surface area contributed by atoms with Crippen LogP contribution in [0.2, 0.25) is 0 Å². The summed E-state index contributed by atoms with van der Waals surface area (Å²) in [7, 11) is 0. The van der Waals surface area contributed by atoms with E-state index >= 15 is 0 Å². The second-order valence-electron chi connectivity index (χ2n) is 7.97. The molecule has 9 heteroatoms. The highest BCUT2D eigenvalue weighted by molar-refractivity contribution is 7.10. The molecule has 0 aliphatic carbocycles. The maximum Gasteiger partial charge on any atom is 0.264 e. The molecule has 0 spiro atoms. The number of amides is 3. The number of thiophene rings is 1. The van der Waals surface area contributed by atoms with E-state index in [0.29, 0.717) is 6.54 Å². The predicted molar refractivity (Wildman–Crippen MR) is 127 cm³/mol. The number of rotatable bonds is 7. The number of hydrogen-bond donors (Lipinski definition) is 2. The largest absolute Gasteiger partial charge is 0.349 e. The summed E-state index contributed by atoms with van der Waals surface area (Å²) in [5.74, 6) is -1.77. The van der Waals surface area contributed by atoms with Gasteiger partial charge >= 0.3 is 0 Å². The van der Waals surface area contributed by atoms with Gasteiger partial charge in [0, 0.05) is 36.6 Å². The van der Waals surface area contributed by atoms with Crippen LogP contribution < -0.4 is 11.1 Å². The van der Waals surface area contributed by atoms with E-state index in [1.807, 2.05) is 41.8 Å². The van der Waals surface area contributed by atoms with Crippen LogP contribution in [0.4, 0.5) is 4.39 Å². The Kier molecular flexibility index (Phi) is 7.34. The van der Waals surface area contributed by atoms with Crippen LogP contribution in [0.25, 0.3) is 0 Å². The Morgan fingerprint density at radius 3 is 2.50 bits per heavy atom. The summed E-state index contributed by atoms with van der Waals surface area (Å²) < 4.78 is 13.7. The zero-order valence-corrected chi connectivity index (χ0v) is 19.3. The molecule has 1 fully saturated rings. The van der Waals surface area contributed by atoms with Gasteiger partial charge in [-0.15, -0.1) is 11.3 Å². The van der Waals surface area contributed by atoms with Crippen LogP contribution >= 0.6 is 11.3 Å². The van der Waals surface area contributed by atoms with Crippen LogP contribution in [0, 0.1) is 5.82 Å². The second-order valence-corrected chi connectivity index (χ2v) is 9.00. The zero-order chi connectivity index (χ0) is 24.1.